The average Bonchev–Trinajstić information content (AvgIpc) is 2.58. The molecule has 2 aromatic carbocycles. The largest absolute Gasteiger partial charge is 0.0617 e. The summed E-state index contributed by atoms with van der Waals surface area (Å²) in [5.74, 6) is 0. The molecule has 0 heteroatoms. The zero-order valence-corrected chi connectivity index (χ0v) is 9.04. The maximum atomic E-state index is 2.28. The first kappa shape index (κ1) is 8.72. The molecule has 0 nitrogen and oxygen atoms in total. The molecule has 0 spiro atoms. The maximum Gasteiger partial charge on any atom is 0.0212 e. The fourth-order valence-electron chi connectivity index (χ4n) is 2.47. The van der Waals surface area contributed by atoms with Gasteiger partial charge in [0.05, 0.1) is 0 Å². The minimum atomic E-state index is 1.36. The van der Waals surface area contributed by atoms with E-state index in [0.29, 0.717) is 0 Å². The summed E-state index contributed by atoms with van der Waals surface area (Å²) in [6, 6.07) is 13.0. The molecule has 73 valence electrons. The van der Waals surface area contributed by atoms with Gasteiger partial charge in [-0.15, -0.1) is 0 Å². The summed E-state index contributed by atoms with van der Waals surface area (Å²) in [5.41, 5.74) is 8.31. The standard InChI is InChI=1S/C15H13/c1-10-5-3-7-12-9-13-8-4-6-11(2)15(13)14(10)12/h3-9H,1-2H3. The van der Waals surface area contributed by atoms with Crippen LogP contribution in [0.2, 0.25) is 0 Å². The van der Waals surface area contributed by atoms with Crippen LogP contribution >= 0.6 is 0 Å². The van der Waals surface area contributed by atoms with Gasteiger partial charge in [-0.05, 0) is 47.2 Å². The monoisotopic (exact) mass is 193 g/mol. The predicted molar refractivity (Wildman–Crippen MR) is 63.9 cm³/mol. The fraction of sp³-hybridized carbons (Fsp3) is 0.133. The molecule has 0 heterocycles. The Kier molecular flexibility index (Phi) is 1.72. The molecular formula is C15H13. The smallest absolute Gasteiger partial charge is 0.0212 e. The van der Waals surface area contributed by atoms with Crippen molar-refractivity contribution in [2.75, 3.05) is 0 Å². The van der Waals surface area contributed by atoms with E-state index in [1.165, 1.54) is 33.4 Å². The Morgan fingerprint density at radius 2 is 1.13 bits per heavy atom. The summed E-state index contributed by atoms with van der Waals surface area (Å²) in [6.45, 7) is 4.38. The quantitative estimate of drug-likeness (QED) is 0.508. The summed E-state index contributed by atoms with van der Waals surface area (Å²) in [6.07, 6.45) is 2.28. The summed E-state index contributed by atoms with van der Waals surface area (Å²) in [5, 5.41) is 0. The highest BCUT2D eigenvalue weighted by atomic mass is 14.2. The van der Waals surface area contributed by atoms with Gasteiger partial charge < -0.3 is 0 Å². The molecule has 0 atom stereocenters. The summed E-state index contributed by atoms with van der Waals surface area (Å²) in [7, 11) is 0. The van der Waals surface area contributed by atoms with Gasteiger partial charge in [0, 0.05) is 6.42 Å². The molecule has 15 heavy (non-hydrogen) atoms. The summed E-state index contributed by atoms with van der Waals surface area (Å²) >= 11 is 0. The van der Waals surface area contributed by atoms with Gasteiger partial charge in [0.1, 0.15) is 0 Å². The Morgan fingerprint density at radius 3 is 1.60 bits per heavy atom. The Labute approximate surface area is 90.6 Å². The third kappa shape index (κ3) is 1.14. The third-order valence-corrected chi connectivity index (χ3v) is 3.17. The van der Waals surface area contributed by atoms with Gasteiger partial charge in [-0.25, -0.2) is 0 Å². The lowest BCUT2D eigenvalue weighted by Gasteiger charge is -2.07. The molecule has 0 saturated carbocycles. The normalized spacial score (nSPS) is 12.4. The van der Waals surface area contributed by atoms with E-state index in [0.717, 1.165) is 0 Å². The van der Waals surface area contributed by atoms with E-state index in [4.69, 9.17) is 0 Å². The number of rotatable bonds is 0. The predicted octanol–water partition coefficient (Wildman–Crippen LogP) is 3.88. The Bertz CT molecular complexity index is 486. The molecule has 0 aliphatic heterocycles. The van der Waals surface area contributed by atoms with Crippen LogP contribution in [0.1, 0.15) is 22.3 Å². The first-order valence-corrected chi connectivity index (χ1v) is 5.32. The van der Waals surface area contributed by atoms with Gasteiger partial charge >= 0.3 is 0 Å². The van der Waals surface area contributed by atoms with E-state index >= 15 is 0 Å². The molecule has 3 rings (SSSR count). The first-order chi connectivity index (χ1) is 7.27. The van der Waals surface area contributed by atoms with E-state index < -0.39 is 0 Å². The average molecular weight is 193 g/mol. The van der Waals surface area contributed by atoms with E-state index in [1.807, 2.05) is 0 Å². The SMILES string of the molecule is Cc1cccc2c1-c1c(C)cccc1[CH]2. The van der Waals surface area contributed by atoms with Crippen molar-refractivity contribution >= 4 is 0 Å². The minimum absolute atomic E-state index is 1.36. The van der Waals surface area contributed by atoms with Crippen LogP contribution in [0.3, 0.4) is 0 Å². The van der Waals surface area contributed by atoms with Crippen LogP contribution in [0.15, 0.2) is 36.4 Å². The number of aryl methyl sites for hydroxylation is 2. The molecule has 1 aliphatic rings. The van der Waals surface area contributed by atoms with Crippen molar-refractivity contribution in [2.45, 2.75) is 13.8 Å². The Balaban J connectivity index is 2.39. The van der Waals surface area contributed by atoms with E-state index in [1.54, 1.807) is 0 Å². The van der Waals surface area contributed by atoms with Crippen molar-refractivity contribution in [1.29, 1.82) is 0 Å². The third-order valence-electron chi connectivity index (χ3n) is 3.17. The molecule has 0 saturated heterocycles. The molecule has 1 radical (unpaired) electrons. The highest BCUT2D eigenvalue weighted by Gasteiger charge is 2.21. The lowest BCUT2D eigenvalue weighted by Crippen LogP contribution is -1.85. The summed E-state index contributed by atoms with van der Waals surface area (Å²) < 4.78 is 0. The highest BCUT2D eigenvalue weighted by Crippen LogP contribution is 2.41. The number of fused-ring (bicyclic) bond motifs is 3. The summed E-state index contributed by atoms with van der Waals surface area (Å²) in [4.78, 5) is 0. The topological polar surface area (TPSA) is 0 Å². The van der Waals surface area contributed by atoms with Crippen molar-refractivity contribution in [1.82, 2.24) is 0 Å². The minimum Gasteiger partial charge on any atom is -0.0617 e. The van der Waals surface area contributed by atoms with E-state index in [-0.39, 0.29) is 0 Å². The Morgan fingerprint density at radius 1 is 0.667 bits per heavy atom. The lowest BCUT2D eigenvalue weighted by molar-refractivity contribution is 1.42. The second-order valence-electron chi connectivity index (χ2n) is 4.22. The molecule has 0 fully saturated rings. The fourth-order valence-corrected chi connectivity index (χ4v) is 2.47. The van der Waals surface area contributed by atoms with Crippen LogP contribution in [0.5, 0.6) is 0 Å². The van der Waals surface area contributed by atoms with E-state index in [9.17, 15) is 0 Å². The van der Waals surface area contributed by atoms with Crippen molar-refractivity contribution in [3.8, 4) is 11.1 Å². The van der Waals surface area contributed by atoms with Crippen molar-refractivity contribution in [3.05, 3.63) is 65.1 Å². The first-order valence-electron chi connectivity index (χ1n) is 5.32. The molecule has 0 unspecified atom stereocenters. The maximum absolute atomic E-state index is 2.28. The zero-order valence-electron chi connectivity index (χ0n) is 9.04. The van der Waals surface area contributed by atoms with Crippen LogP contribution in [0.25, 0.3) is 11.1 Å². The second kappa shape index (κ2) is 2.96. The van der Waals surface area contributed by atoms with Gasteiger partial charge in [0.15, 0.2) is 0 Å². The lowest BCUT2D eigenvalue weighted by atomic mass is 9.97. The van der Waals surface area contributed by atoms with Crippen molar-refractivity contribution < 1.29 is 0 Å². The molecule has 0 aromatic heterocycles. The van der Waals surface area contributed by atoms with Crippen LogP contribution in [0, 0.1) is 20.3 Å². The van der Waals surface area contributed by atoms with Gasteiger partial charge in [-0.3, -0.25) is 0 Å². The molecule has 1 aliphatic carbocycles. The molecule has 0 N–H and O–H groups in total. The van der Waals surface area contributed by atoms with Crippen molar-refractivity contribution in [2.24, 2.45) is 0 Å². The number of hydrogen-bond donors (Lipinski definition) is 0. The number of hydrogen-bond acceptors (Lipinski definition) is 0. The van der Waals surface area contributed by atoms with Gasteiger partial charge in [0.2, 0.25) is 0 Å². The van der Waals surface area contributed by atoms with Crippen molar-refractivity contribution in [3.63, 3.8) is 0 Å². The second-order valence-corrected chi connectivity index (χ2v) is 4.22. The van der Waals surface area contributed by atoms with E-state index in [2.05, 4.69) is 56.7 Å². The van der Waals surface area contributed by atoms with Gasteiger partial charge in [0.25, 0.3) is 0 Å². The van der Waals surface area contributed by atoms with Crippen LogP contribution < -0.4 is 0 Å². The van der Waals surface area contributed by atoms with Crippen LogP contribution in [-0.2, 0) is 0 Å². The molecular weight excluding hydrogens is 180 g/mol. The van der Waals surface area contributed by atoms with Crippen LogP contribution in [0.4, 0.5) is 0 Å². The Hall–Kier alpha value is -1.56. The number of benzene rings is 2. The molecule has 2 aromatic rings. The van der Waals surface area contributed by atoms with Gasteiger partial charge in [-0.2, -0.15) is 0 Å². The highest BCUT2D eigenvalue weighted by molar-refractivity contribution is 5.85. The van der Waals surface area contributed by atoms with Gasteiger partial charge in [-0.1, -0.05) is 36.4 Å². The van der Waals surface area contributed by atoms with Crippen LogP contribution in [-0.4, -0.2) is 0 Å². The molecule has 0 amide bonds. The zero-order chi connectivity index (χ0) is 10.4. The molecule has 0 bridgehead atoms.